The van der Waals surface area contributed by atoms with Crippen LogP contribution in [0.3, 0.4) is 0 Å². The lowest BCUT2D eigenvalue weighted by atomic mass is 10.3. The number of guanidine groups is 1. The molecule has 2 rings (SSSR count). The van der Waals surface area contributed by atoms with Crippen molar-refractivity contribution in [3.63, 3.8) is 0 Å². The van der Waals surface area contributed by atoms with Crippen molar-refractivity contribution in [1.29, 1.82) is 0 Å². The maximum absolute atomic E-state index is 12.3. The van der Waals surface area contributed by atoms with E-state index in [-0.39, 0.29) is 23.7 Å². The number of sulfonamides is 1. The van der Waals surface area contributed by atoms with E-state index in [0.717, 1.165) is 11.8 Å². The first kappa shape index (κ1) is 21.3. The Morgan fingerprint density at radius 1 is 1.18 bits per heavy atom. The van der Waals surface area contributed by atoms with Crippen molar-refractivity contribution in [2.75, 3.05) is 19.6 Å². The van der Waals surface area contributed by atoms with Crippen LogP contribution in [0.2, 0.25) is 0 Å². The van der Waals surface area contributed by atoms with Gasteiger partial charge in [-0.2, -0.15) is 0 Å². The number of nitrogens with one attached hydrogen (secondary N) is 3. The molecule has 0 radical (unpaired) electrons. The predicted octanol–water partition coefficient (Wildman–Crippen LogP) is 1.02. The van der Waals surface area contributed by atoms with Crippen LogP contribution in [0, 0.1) is 10.1 Å². The zero-order valence-electron chi connectivity index (χ0n) is 15.3. The average molecular weight is 406 g/mol. The maximum atomic E-state index is 12.3. The van der Waals surface area contributed by atoms with E-state index in [0.29, 0.717) is 19.0 Å². The number of rotatable bonds is 9. The van der Waals surface area contributed by atoms with Crippen LogP contribution in [0.5, 0.6) is 0 Å². The number of hydrogen-bond donors (Lipinski definition) is 3. The van der Waals surface area contributed by atoms with E-state index < -0.39 is 14.9 Å². The van der Waals surface area contributed by atoms with Crippen molar-refractivity contribution in [3.05, 3.63) is 64.5 Å². The molecule has 0 spiro atoms. The smallest absolute Gasteiger partial charge is 0.270 e. The van der Waals surface area contributed by atoms with Crippen LogP contribution >= 0.6 is 0 Å². The van der Waals surface area contributed by atoms with Crippen molar-refractivity contribution >= 4 is 21.7 Å². The van der Waals surface area contributed by atoms with E-state index in [1.54, 1.807) is 6.20 Å². The highest BCUT2D eigenvalue weighted by atomic mass is 32.2. The van der Waals surface area contributed by atoms with Gasteiger partial charge in [0.25, 0.3) is 5.69 Å². The Bertz CT molecular complexity index is 918. The van der Waals surface area contributed by atoms with E-state index >= 15 is 0 Å². The van der Waals surface area contributed by atoms with E-state index in [2.05, 4.69) is 25.3 Å². The second-order valence-corrected chi connectivity index (χ2v) is 7.36. The highest BCUT2D eigenvalue weighted by Crippen LogP contribution is 2.16. The van der Waals surface area contributed by atoms with Gasteiger partial charge in [-0.15, -0.1) is 0 Å². The molecule has 0 atom stereocenters. The molecule has 1 aromatic heterocycles. The number of nitro groups is 1. The van der Waals surface area contributed by atoms with Gasteiger partial charge in [-0.1, -0.05) is 12.1 Å². The molecule has 0 unspecified atom stereocenters. The standard InChI is InChI=1S/C17H22N6O4S/c1-2-18-17(21-13-14-6-3-4-9-19-14)20-10-11-22-28(26,27)16-8-5-7-15(12-16)23(24)25/h3-9,12,22H,2,10-11,13H2,1H3,(H2,18,20,21). The number of nitro benzene ring substituents is 1. The molecular formula is C17H22N6O4S. The zero-order valence-corrected chi connectivity index (χ0v) is 16.1. The molecule has 11 heteroatoms. The molecule has 0 aliphatic rings. The summed E-state index contributed by atoms with van der Waals surface area (Å²) in [5.41, 5.74) is 0.531. The number of aliphatic imine (C=N–C) groups is 1. The Balaban J connectivity index is 1.89. The highest BCUT2D eigenvalue weighted by Gasteiger charge is 2.17. The van der Waals surface area contributed by atoms with E-state index in [1.807, 2.05) is 25.1 Å². The maximum Gasteiger partial charge on any atom is 0.270 e. The van der Waals surface area contributed by atoms with Crippen LogP contribution in [0.15, 0.2) is 58.5 Å². The molecule has 28 heavy (non-hydrogen) atoms. The summed E-state index contributed by atoms with van der Waals surface area (Å²) in [7, 11) is -3.85. The molecule has 0 aliphatic heterocycles. The predicted molar refractivity (Wildman–Crippen MR) is 105 cm³/mol. The van der Waals surface area contributed by atoms with Gasteiger partial charge in [0.1, 0.15) is 0 Å². The monoisotopic (exact) mass is 406 g/mol. The van der Waals surface area contributed by atoms with Crippen LogP contribution in [-0.2, 0) is 16.6 Å². The molecule has 0 fully saturated rings. The summed E-state index contributed by atoms with van der Waals surface area (Å²) in [6.45, 7) is 3.31. The molecule has 0 bridgehead atoms. The fraction of sp³-hybridized carbons (Fsp3) is 0.294. The second-order valence-electron chi connectivity index (χ2n) is 5.60. The van der Waals surface area contributed by atoms with Crippen LogP contribution in [0.25, 0.3) is 0 Å². The number of benzene rings is 1. The molecule has 150 valence electrons. The lowest BCUT2D eigenvalue weighted by Crippen LogP contribution is -2.41. The van der Waals surface area contributed by atoms with Crippen molar-refractivity contribution < 1.29 is 13.3 Å². The lowest BCUT2D eigenvalue weighted by Gasteiger charge is -2.12. The van der Waals surface area contributed by atoms with Gasteiger partial charge < -0.3 is 10.6 Å². The molecule has 1 heterocycles. The number of pyridine rings is 1. The summed E-state index contributed by atoms with van der Waals surface area (Å²) in [5.74, 6) is 0.530. The molecule has 2 aromatic rings. The summed E-state index contributed by atoms with van der Waals surface area (Å²) in [6, 6.07) is 10.5. The SMILES string of the molecule is CCNC(=NCc1ccccn1)NCCNS(=O)(=O)c1cccc([N+](=O)[O-])c1. The largest absolute Gasteiger partial charge is 0.357 e. The molecule has 0 saturated carbocycles. The number of non-ortho nitro benzene ring substituents is 1. The summed E-state index contributed by atoms with van der Waals surface area (Å²) < 4.78 is 26.9. The average Bonchev–Trinajstić information content (AvgIpc) is 2.70. The van der Waals surface area contributed by atoms with Crippen molar-refractivity contribution in [1.82, 2.24) is 20.3 Å². The third kappa shape index (κ3) is 6.59. The van der Waals surface area contributed by atoms with Crippen molar-refractivity contribution in [2.24, 2.45) is 4.99 Å². The van der Waals surface area contributed by atoms with Gasteiger partial charge in [0.2, 0.25) is 10.0 Å². The normalized spacial score (nSPS) is 11.8. The fourth-order valence-electron chi connectivity index (χ4n) is 2.21. The molecular weight excluding hydrogens is 384 g/mol. The number of aromatic nitrogens is 1. The van der Waals surface area contributed by atoms with Gasteiger partial charge in [0.15, 0.2) is 5.96 Å². The third-order valence-electron chi connectivity index (χ3n) is 3.52. The van der Waals surface area contributed by atoms with Crippen LogP contribution in [-0.4, -0.2) is 43.9 Å². The topological polar surface area (TPSA) is 139 Å². The first-order chi connectivity index (χ1) is 13.4. The minimum absolute atomic E-state index is 0.0824. The molecule has 3 N–H and O–H groups in total. The second kappa shape index (κ2) is 10.3. The fourth-order valence-corrected chi connectivity index (χ4v) is 3.28. The number of hydrogen-bond acceptors (Lipinski definition) is 6. The number of nitrogens with zero attached hydrogens (tertiary/aromatic N) is 3. The Kier molecular flexibility index (Phi) is 7.84. The van der Waals surface area contributed by atoms with Gasteiger partial charge in [-0.3, -0.25) is 15.1 Å². The first-order valence-electron chi connectivity index (χ1n) is 8.58. The highest BCUT2D eigenvalue weighted by molar-refractivity contribution is 7.89. The van der Waals surface area contributed by atoms with Gasteiger partial charge in [0.05, 0.1) is 22.1 Å². The van der Waals surface area contributed by atoms with Crippen LogP contribution in [0.1, 0.15) is 12.6 Å². The molecule has 10 nitrogen and oxygen atoms in total. The van der Waals surface area contributed by atoms with E-state index in [9.17, 15) is 18.5 Å². The quantitative estimate of drug-likeness (QED) is 0.186. The first-order valence-corrected chi connectivity index (χ1v) is 10.1. The summed E-state index contributed by atoms with van der Waals surface area (Å²) in [5, 5.41) is 16.9. The van der Waals surface area contributed by atoms with Gasteiger partial charge >= 0.3 is 0 Å². The minimum atomic E-state index is -3.85. The summed E-state index contributed by atoms with van der Waals surface area (Å²) >= 11 is 0. The Morgan fingerprint density at radius 3 is 2.68 bits per heavy atom. The Hall–Kier alpha value is -3.05. The molecule has 0 saturated heterocycles. The van der Waals surface area contributed by atoms with E-state index in [1.165, 1.54) is 18.2 Å². The van der Waals surface area contributed by atoms with Crippen LogP contribution in [0.4, 0.5) is 5.69 Å². The third-order valence-corrected chi connectivity index (χ3v) is 4.98. The van der Waals surface area contributed by atoms with E-state index in [4.69, 9.17) is 0 Å². The lowest BCUT2D eigenvalue weighted by molar-refractivity contribution is -0.385. The Morgan fingerprint density at radius 2 is 2.00 bits per heavy atom. The van der Waals surface area contributed by atoms with Crippen LogP contribution < -0.4 is 15.4 Å². The summed E-state index contributed by atoms with van der Waals surface area (Å²) in [6.07, 6.45) is 1.69. The summed E-state index contributed by atoms with van der Waals surface area (Å²) in [4.78, 5) is 18.6. The zero-order chi connectivity index (χ0) is 20.4. The van der Waals surface area contributed by atoms with Gasteiger partial charge in [0, 0.05) is 38.0 Å². The van der Waals surface area contributed by atoms with Crippen molar-refractivity contribution in [2.45, 2.75) is 18.4 Å². The molecule has 0 amide bonds. The van der Waals surface area contributed by atoms with Gasteiger partial charge in [-0.05, 0) is 25.1 Å². The minimum Gasteiger partial charge on any atom is -0.357 e. The van der Waals surface area contributed by atoms with Crippen molar-refractivity contribution in [3.8, 4) is 0 Å². The molecule has 0 aliphatic carbocycles. The molecule has 1 aromatic carbocycles. The Labute approximate surface area is 163 Å². The van der Waals surface area contributed by atoms with Gasteiger partial charge in [-0.25, -0.2) is 18.1 Å².